The molecular formula is C14H19N3O5S. The fraction of sp³-hybridized carbons (Fsp3) is 0.500. The van der Waals surface area contributed by atoms with E-state index in [4.69, 9.17) is 5.73 Å². The van der Waals surface area contributed by atoms with E-state index in [1.54, 1.807) is 0 Å². The fourth-order valence-electron chi connectivity index (χ4n) is 2.96. The highest BCUT2D eigenvalue weighted by atomic mass is 32.2. The van der Waals surface area contributed by atoms with Gasteiger partial charge in [-0.1, -0.05) is 18.9 Å². The van der Waals surface area contributed by atoms with Crippen LogP contribution in [0.2, 0.25) is 0 Å². The van der Waals surface area contributed by atoms with E-state index in [0.29, 0.717) is 12.8 Å². The van der Waals surface area contributed by atoms with E-state index in [0.717, 1.165) is 17.1 Å². The minimum absolute atomic E-state index is 0.0602. The van der Waals surface area contributed by atoms with Gasteiger partial charge in [0.2, 0.25) is 15.9 Å². The second-order valence-electron chi connectivity index (χ2n) is 5.61. The van der Waals surface area contributed by atoms with Crippen molar-refractivity contribution in [2.24, 2.45) is 5.73 Å². The molecular weight excluding hydrogens is 322 g/mol. The number of hydrogen-bond donors (Lipinski definition) is 1. The lowest BCUT2D eigenvalue weighted by molar-refractivity contribution is -0.385. The SMILES string of the molecule is Cc1c([N+](=O)[O-])cccc1S(=O)(=O)N(CC(N)=O)C1CCCC1. The number of amides is 1. The quantitative estimate of drug-likeness (QED) is 0.617. The van der Waals surface area contributed by atoms with Crippen molar-refractivity contribution in [3.05, 3.63) is 33.9 Å². The van der Waals surface area contributed by atoms with Crippen LogP contribution in [-0.4, -0.2) is 36.1 Å². The molecule has 1 aromatic rings. The van der Waals surface area contributed by atoms with Gasteiger partial charge in [0.1, 0.15) is 0 Å². The summed E-state index contributed by atoms with van der Waals surface area (Å²) in [6.45, 7) is 0.969. The number of hydrogen-bond acceptors (Lipinski definition) is 5. The van der Waals surface area contributed by atoms with E-state index in [-0.39, 0.29) is 22.2 Å². The second-order valence-corrected chi connectivity index (χ2v) is 7.47. The fourth-order valence-corrected chi connectivity index (χ4v) is 4.86. The van der Waals surface area contributed by atoms with Crippen LogP contribution < -0.4 is 5.73 Å². The summed E-state index contributed by atoms with van der Waals surface area (Å²) in [4.78, 5) is 21.6. The van der Waals surface area contributed by atoms with Gasteiger partial charge in [0.05, 0.1) is 16.4 Å². The minimum Gasteiger partial charge on any atom is -0.369 e. The monoisotopic (exact) mass is 341 g/mol. The van der Waals surface area contributed by atoms with Crippen LogP contribution in [0.3, 0.4) is 0 Å². The molecule has 23 heavy (non-hydrogen) atoms. The summed E-state index contributed by atoms with van der Waals surface area (Å²) in [5, 5.41) is 11.0. The first kappa shape index (κ1) is 17.4. The zero-order chi connectivity index (χ0) is 17.2. The first-order chi connectivity index (χ1) is 10.7. The van der Waals surface area contributed by atoms with Gasteiger partial charge in [-0.2, -0.15) is 4.31 Å². The Morgan fingerprint density at radius 3 is 2.52 bits per heavy atom. The molecule has 1 aromatic carbocycles. The van der Waals surface area contributed by atoms with E-state index in [1.165, 1.54) is 25.1 Å². The van der Waals surface area contributed by atoms with Gasteiger partial charge >= 0.3 is 0 Å². The van der Waals surface area contributed by atoms with Gasteiger partial charge in [-0.05, 0) is 25.8 Å². The van der Waals surface area contributed by atoms with E-state index in [9.17, 15) is 23.3 Å². The molecule has 0 heterocycles. The third-order valence-electron chi connectivity index (χ3n) is 4.08. The Hall–Kier alpha value is -2.00. The molecule has 0 aromatic heterocycles. The van der Waals surface area contributed by atoms with Crippen molar-refractivity contribution in [2.45, 2.75) is 43.5 Å². The number of benzene rings is 1. The molecule has 2 rings (SSSR count). The molecule has 126 valence electrons. The maximum atomic E-state index is 12.9. The van der Waals surface area contributed by atoms with Gasteiger partial charge in [0.25, 0.3) is 5.69 Å². The summed E-state index contributed by atoms with van der Waals surface area (Å²) in [7, 11) is -4.04. The predicted octanol–water partition coefficient (Wildman–Crippen LogP) is 1.32. The van der Waals surface area contributed by atoms with Crippen molar-refractivity contribution in [1.29, 1.82) is 0 Å². The number of sulfonamides is 1. The van der Waals surface area contributed by atoms with Crippen molar-refractivity contribution in [3.63, 3.8) is 0 Å². The number of nitro benzene ring substituents is 1. The largest absolute Gasteiger partial charge is 0.369 e. The Kier molecular flexibility index (Phi) is 5.00. The minimum atomic E-state index is -4.04. The summed E-state index contributed by atoms with van der Waals surface area (Å²) in [6.07, 6.45) is 3.06. The summed E-state index contributed by atoms with van der Waals surface area (Å²) in [6, 6.07) is 3.60. The Balaban J connectivity index is 2.51. The summed E-state index contributed by atoms with van der Waals surface area (Å²) < 4.78 is 27.0. The Morgan fingerprint density at radius 1 is 1.39 bits per heavy atom. The molecule has 0 spiro atoms. The zero-order valence-corrected chi connectivity index (χ0v) is 13.6. The second kappa shape index (κ2) is 6.63. The zero-order valence-electron chi connectivity index (χ0n) is 12.8. The van der Waals surface area contributed by atoms with Crippen molar-refractivity contribution in [3.8, 4) is 0 Å². The molecule has 0 bridgehead atoms. The average molecular weight is 341 g/mol. The molecule has 1 amide bonds. The Morgan fingerprint density at radius 2 is 2.00 bits per heavy atom. The van der Waals surface area contributed by atoms with Gasteiger partial charge in [-0.3, -0.25) is 14.9 Å². The first-order valence-corrected chi connectivity index (χ1v) is 8.73. The molecule has 0 aliphatic heterocycles. The number of carbonyl (C=O) groups is 1. The van der Waals surface area contributed by atoms with Crippen LogP contribution in [-0.2, 0) is 14.8 Å². The van der Waals surface area contributed by atoms with Crippen molar-refractivity contribution >= 4 is 21.6 Å². The van der Waals surface area contributed by atoms with Gasteiger partial charge in [0.15, 0.2) is 0 Å². The molecule has 2 N–H and O–H groups in total. The van der Waals surface area contributed by atoms with Crippen molar-refractivity contribution in [1.82, 2.24) is 4.31 Å². The van der Waals surface area contributed by atoms with Gasteiger partial charge in [-0.15, -0.1) is 0 Å². The molecule has 0 unspecified atom stereocenters. The summed E-state index contributed by atoms with van der Waals surface area (Å²) in [5.74, 6) is -0.747. The molecule has 0 radical (unpaired) electrons. The standard InChI is InChI=1S/C14H19N3O5S/c1-10-12(17(19)20)7-4-8-13(10)23(21,22)16(9-14(15)18)11-5-2-3-6-11/h4,7-8,11H,2-3,5-6,9H2,1H3,(H2,15,18). The Labute approximate surface area is 134 Å². The lowest BCUT2D eigenvalue weighted by atomic mass is 10.2. The predicted molar refractivity (Wildman–Crippen MR) is 83.2 cm³/mol. The highest BCUT2D eigenvalue weighted by molar-refractivity contribution is 7.89. The topological polar surface area (TPSA) is 124 Å². The van der Waals surface area contributed by atoms with Gasteiger partial charge in [-0.25, -0.2) is 8.42 Å². The van der Waals surface area contributed by atoms with Gasteiger partial charge < -0.3 is 5.73 Å². The molecule has 1 saturated carbocycles. The number of nitrogens with zero attached hydrogens (tertiary/aromatic N) is 2. The molecule has 8 nitrogen and oxygen atoms in total. The maximum absolute atomic E-state index is 12.9. The van der Waals surface area contributed by atoms with Gasteiger partial charge in [0, 0.05) is 17.7 Å². The van der Waals surface area contributed by atoms with Crippen LogP contribution in [0.25, 0.3) is 0 Å². The lowest BCUT2D eigenvalue weighted by Gasteiger charge is -2.27. The lowest BCUT2D eigenvalue weighted by Crippen LogP contribution is -2.44. The molecule has 1 aliphatic carbocycles. The first-order valence-electron chi connectivity index (χ1n) is 7.29. The normalized spacial score (nSPS) is 15.9. The van der Waals surface area contributed by atoms with Crippen molar-refractivity contribution in [2.75, 3.05) is 6.54 Å². The highest BCUT2D eigenvalue weighted by Gasteiger charge is 2.36. The number of nitro groups is 1. The third-order valence-corrected chi connectivity index (χ3v) is 6.13. The molecule has 1 fully saturated rings. The highest BCUT2D eigenvalue weighted by Crippen LogP contribution is 2.32. The van der Waals surface area contributed by atoms with Crippen LogP contribution in [0.1, 0.15) is 31.2 Å². The number of rotatable bonds is 6. The van der Waals surface area contributed by atoms with E-state index >= 15 is 0 Å². The van der Waals surface area contributed by atoms with Crippen LogP contribution in [0, 0.1) is 17.0 Å². The third kappa shape index (κ3) is 3.50. The Bertz CT molecular complexity index is 726. The van der Waals surface area contributed by atoms with Crippen LogP contribution in [0.15, 0.2) is 23.1 Å². The molecule has 1 aliphatic rings. The number of carbonyl (C=O) groups excluding carboxylic acids is 1. The summed E-state index contributed by atoms with van der Waals surface area (Å²) >= 11 is 0. The van der Waals surface area contributed by atoms with E-state index in [2.05, 4.69) is 0 Å². The smallest absolute Gasteiger partial charge is 0.273 e. The van der Waals surface area contributed by atoms with Crippen LogP contribution >= 0.6 is 0 Å². The van der Waals surface area contributed by atoms with E-state index in [1.807, 2.05) is 0 Å². The van der Waals surface area contributed by atoms with Crippen molar-refractivity contribution < 1.29 is 18.1 Å². The average Bonchev–Trinajstić information content (AvgIpc) is 2.97. The van der Waals surface area contributed by atoms with Crippen LogP contribution in [0.5, 0.6) is 0 Å². The van der Waals surface area contributed by atoms with Crippen LogP contribution in [0.4, 0.5) is 5.69 Å². The number of primary amides is 1. The molecule has 9 heteroatoms. The molecule has 0 atom stereocenters. The number of nitrogens with two attached hydrogens (primary N) is 1. The van der Waals surface area contributed by atoms with E-state index < -0.39 is 27.4 Å². The molecule has 0 saturated heterocycles. The summed E-state index contributed by atoms with van der Waals surface area (Å²) in [5.41, 5.74) is 4.99. The maximum Gasteiger partial charge on any atom is 0.273 e.